The number of carbonyl (C=O) groups excluding carboxylic acids is 1. The average molecular weight is 170 g/mol. The maximum Gasteiger partial charge on any atom is 0.228 e. The summed E-state index contributed by atoms with van der Waals surface area (Å²) in [6.45, 7) is 5.56. The Labute approximate surface area is 74.2 Å². The van der Waals surface area contributed by atoms with Crippen molar-refractivity contribution >= 4 is 5.91 Å². The minimum atomic E-state index is -0.424. The molecule has 0 aliphatic carbocycles. The van der Waals surface area contributed by atoms with Crippen LogP contribution in [0.15, 0.2) is 12.3 Å². The van der Waals surface area contributed by atoms with Gasteiger partial charge in [-0.1, -0.05) is 6.08 Å². The highest BCUT2D eigenvalue weighted by atomic mass is 16.2. The Balaban J connectivity index is 4.05. The van der Waals surface area contributed by atoms with E-state index in [1.54, 1.807) is 18.1 Å². The molecule has 3 heteroatoms. The van der Waals surface area contributed by atoms with E-state index in [-0.39, 0.29) is 5.91 Å². The Morgan fingerprint density at radius 2 is 2.08 bits per heavy atom. The molecule has 0 saturated heterocycles. The van der Waals surface area contributed by atoms with Crippen LogP contribution < -0.4 is 5.73 Å². The molecule has 3 nitrogen and oxygen atoms in total. The second kappa shape index (κ2) is 4.26. The third-order valence-electron chi connectivity index (χ3n) is 1.37. The van der Waals surface area contributed by atoms with Crippen molar-refractivity contribution in [3.63, 3.8) is 0 Å². The van der Waals surface area contributed by atoms with E-state index in [1.807, 2.05) is 26.8 Å². The van der Waals surface area contributed by atoms with Gasteiger partial charge < -0.3 is 10.6 Å². The van der Waals surface area contributed by atoms with Crippen molar-refractivity contribution < 1.29 is 4.79 Å². The van der Waals surface area contributed by atoms with Crippen LogP contribution in [0.4, 0.5) is 0 Å². The molecule has 0 bridgehead atoms. The number of amides is 1. The van der Waals surface area contributed by atoms with E-state index in [0.717, 1.165) is 0 Å². The quantitative estimate of drug-likeness (QED) is 0.689. The number of carbonyl (C=O) groups is 1. The van der Waals surface area contributed by atoms with E-state index in [2.05, 4.69) is 0 Å². The second-order valence-corrected chi connectivity index (χ2v) is 3.65. The minimum Gasteiger partial charge on any atom is -0.325 e. The van der Waals surface area contributed by atoms with Crippen molar-refractivity contribution in [1.82, 2.24) is 4.90 Å². The summed E-state index contributed by atoms with van der Waals surface area (Å²) in [5, 5.41) is 0. The van der Waals surface area contributed by atoms with Crippen LogP contribution in [-0.4, -0.2) is 23.4 Å². The van der Waals surface area contributed by atoms with Crippen LogP contribution >= 0.6 is 0 Å². The molecule has 0 rings (SSSR count). The number of nitrogens with two attached hydrogens (primary N) is 1. The fourth-order valence-electron chi connectivity index (χ4n) is 0.821. The van der Waals surface area contributed by atoms with Crippen LogP contribution in [-0.2, 0) is 4.79 Å². The molecule has 2 N–H and O–H groups in total. The smallest absolute Gasteiger partial charge is 0.228 e. The second-order valence-electron chi connectivity index (χ2n) is 3.65. The minimum absolute atomic E-state index is 0.0422. The fraction of sp³-hybridized carbons (Fsp3) is 0.667. The van der Waals surface area contributed by atoms with E-state index in [9.17, 15) is 4.79 Å². The first-order valence-electron chi connectivity index (χ1n) is 4.04. The maximum atomic E-state index is 11.3. The first-order chi connectivity index (χ1) is 5.37. The van der Waals surface area contributed by atoms with Gasteiger partial charge in [0.15, 0.2) is 0 Å². The van der Waals surface area contributed by atoms with Gasteiger partial charge in [0.1, 0.15) is 0 Å². The molecule has 0 aromatic heterocycles. The van der Waals surface area contributed by atoms with Crippen molar-refractivity contribution in [3.8, 4) is 0 Å². The molecule has 0 radical (unpaired) electrons. The molecule has 0 saturated carbocycles. The molecular weight excluding hydrogens is 152 g/mol. The van der Waals surface area contributed by atoms with Gasteiger partial charge in [-0.3, -0.25) is 4.79 Å². The van der Waals surface area contributed by atoms with Crippen LogP contribution in [0.1, 0.15) is 27.2 Å². The van der Waals surface area contributed by atoms with Crippen molar-refractivity contribution in [2.24, 2.45) is 5.73 Å². The normalized spacial score (nSPS) is 12.1. The van der Waals surface area contributed by atoms with Gasteiger partial charge in [-0.25, -0.2) is 0 Å². The number of nitrogens with zero attached hydrogens (tertiary/aromatic N) is 1. The molecule has 70 valence electrons. The van der Waals surface area contributed by atoms with Gasteiger partial charge in [-0.05, 0) is 20.8 Å². The van der Waals surface area contributed by atoms with Crippen LogP contribution in [0, 0.1) is 0 Å². The summed E-state index contributed by atoms with van der Waals surface area (Å²) in [5.41, 5.74) is 5.28. The molecule has 0 spiro atoms. The Morgan fingerprint density at radius 1 is 1.58 bits per heavy atom. The monoisotopic (exact) mass is 170 g/mol. The summed E-state index contributed by atoms with van der Waals surface area (Å²) in [5.74, 6) is 0.0422. The molecule has 0 aliphatic rings. The molecule has 0 aromatic carbocycles. The number of hydrogen-bond acceptors (Lipinski definition) is 2. The van der Waals surface area contributed by atoms with E-state index in [1.165, 1.54) is 0 Å². The van der Waals surface area contributed by atoms with E-state index in [0.29, 0.717) is 6.42 Å². The van der Waals surface area contributed by atoms with Gasteiger partial charge in [-0.15, -0.1) is 0 Å². The van der Waals surface area contributed by atoms with Crippen molar-refractivity contribution in [2.75, 3.05) is 7.05 Å². The zero-order valence-corrected chi connectivity index (χ0v) is 8.29. The zero-order valence-electron chi connectivity index (χ0n) is 8.29. The lowest BCUT2D eigenvalue weighted by Crippen LogP contribution is -2.38. The highest BCUT2D eigenvalue weighted by Crippen LogP contribution is 2.05. The van der Waals surface area contributed by atoms with Crippen LogP contribution in [0.2, 0.25) is 0 Å². The first kappa shape index (κ1) is 11.2. The van der Waals surface area contributed by atoms with E-state index in [4.69, 9.17) is 5.73 Å². The highest BCUT2D eigenvalue weighted by Gasteiger charge is 2.17. The fourth-order valence-corrected chi connectivity index (χ4v) is 0.821. The number of rotatable bonds is 3. The molecule has 1 amide bonds. The summed E-state index contributed by atoms with van der Waals surface area (Å²) in [6, 6.07) is 0. The van der Waals surface area contributed by atoms with Gasteiger partial charge in [-0.2, -0.15) is 0 Å². The predicted octanol–water partition coefficient (Wildman–Crippen LogP) is 1.11. The van der Waals surface area contributed by atoms with Crippen molar-refractivity contribution in [1.29, 1.82) is 0 Å². The highest BCUT2D eigenvalue weighted by molar-refractivity contribution is 5.77. The van der Waals surface area contributed by atoms with Crippen LogP contribution in [0.25, 0.3) is 0 Å². The SMILES string of the molecule is C/C=C/N(C)C(=O)CC(C)(C)N. The topological polar surface area (TPSA) is 46.3 Å². The van der Waals surface area contributed by atoms with Crippen molar-refractivity contribution in [2.45, 2.75) is 32.7 Å². The molecular formula is C9H18N2O. The summed E-state index contributed by atoms with van der Waals surface area (Å²) in [4.78, 5) is 12.9. The molecule has 0 fully saturated rings. The first-order valence-corrected chi connectivity index (χ1v) is 4.04. The van der Waals surface area contributed by atoms with Crippen molar-refractivity contribution in [3.05, 3.63) is 12.3 Å². The van der Waals surface area contributed by atoms with Gasteiger partial charge in [0.25, 0.3) is 0 Å². The summed E-state index contributed by atoms with van der Waals surface area (Å²) < 4.78 is 0. The standard InChI is InChI=1S/C9H18N2O/c1-5-6-11(4)8(12)7-9(2,3)10/h5-6H,7,10H2,1-4H3/b6-5+. The van der Waals surface area contributed by atoms with Crippen LogP contribution in [0.5, 0.6) is 0 Å². The Hall–Kier alpha value is -0.830. The third-order valence-corrected chi connectivity index (χ3v) is 1.37. The Kier molecular flexibility index (Phi) is 3.96. The van der Waals surface area contributed by atoms with Crippen LogP contribution in [0.3, 0.4) is 0 Å². The zero-order chi connectivity index (χ0) is 9.78. The molecule has 0 aliphatic heterocycles. The number of allylic oxidation sites excluding steroid dienone is 1. The summed E-state index contributed by atoms with van der Waals surface area (Å²) in [6.07, 6.45) is 3.92. The average Bonchev–Trinajstić information content (AvgIpc) is 1.84. The Morgan fingerprint density at radius 3 is 2.42 bits per heavy atom. The predicted molar refractivity (Wildman–Crippen MR) is 50.5 cm³/mol. The maximum absolute atomic E-state index is 11.3. The number of hydrogen-bond donors (Lipinski definition) is 1. The van der Waals surface area contributed by atoms with Gasteiger partial charge >= 0.3 is 0 Å². The van der Waals surface area contributed by atoms with E-state index >= 15 is 0 Å². The summed E-state index contributed by atoms with van der Waals surface area (Å²) in [7, 11) is 1.73. The lowest BCUT2D eigenvalue weighted by Gasteiger charge is -2.20. The van der Waals surface area contributed by atoms with Gasteiger partial charge in [0.05, 0.1) is 0 Å². The Bertz CT molecular complexity index is 179. The molecule has 0 unspecified atom stereocenters. The van der Waals surface area contributed by atoms with Gasteiger partial charge in [0, 0.05) is 25.2 Å². The largest absolute Gasteiger partial charge is 0.325 e. The lowest BCUT2D eigenvalue weighted by atomic mass is 10.0. The van der Waals surface area contributed by atoms with Gasteiger partial charge in [0.2, 0.25) is 5.91 Å². The summed E-state index contributed by atoms with van der Waals surface area (Å²) >= 11 is 0. The third kappa shape index (κ3) is 4.91. The molecule has 0 atom stereocenters. The van der Waals surface area contributed by atoms with E-state index < -0.39 is 5.54 Å². The molecule has 0 aromatic rings. The lowest BCUT2D eigenvalue weighted by molar-refractivity contribution is -0.128. The molecule has 0 heterocycles. The molecule has 12 heavy (non-hydrogen) atoms.